The van der Waals surface area contributed by atoms with E-state index in [2.05, 4.69) is 28.4 Å². The molecule has 0 atom stereocenters. The zero-order valence-corrected chi connectivity index (χ0v) is 16.7. The van der Waals surface area contributed by atoms with Crippen LogP contribution in [0.3, 0.4) is 0 Å². The van der Waals surface area contributed by atoms with Gasteiger partial charge in [0.1, 0.15) is 11.6 Å². The number of rotatable bonds is 6. The minimum atomic E-state index is 0.822. The molecule has 148 valence electrons. The van der Waals surface area contributed by atoms with Crippen molar-refractivity contribution in [2.24, 2.45) is 0 Å². The molecule has 7 nitrogen and oxygen atoms in total. The van der Waals surface area contributed by atoms with Crippen LogP contribution in [-0.2, 0) is 4.74 Å². The number of nitrogens with one attached hydrogen (secondary N) is 1. The van der Waals surface area contributed by atoms with Crippen LogP contribution in [0.15, 0.2) is 30.3 Å². The van der Waals surface area contributed by atoms with Crippen molar-refractivity contribution in [3.63, 3.8) is 0 Å². The van der Waals surface area contributed by atoms with E-state index in [-0.39, 0.29) is 0 Å². The molecule has 0 bridgehead atoms. The van der Waals surface area contributed by atoms with Crippen LogP contribution >= 0.6 is 0 Å². The Labute approximate surface area is 165 Å². The lowest BCUT2D eigenvalue weighted by molar-refractivity contribution is 0.0398. The molecule has 0 radical (unpaired) electrons. The molecule has 1 N–H and O–H groups in total. The summed E-state index contributed by atoms with van der Waals surface area (Å²) in [5, 5.41) is 8.31. The highest BCUT2D eigenvalue weighted by atomic mass is 16.5. The van der Waals surface area contributed by atoms with Crippen LogP contribution in [0.2, 0.25) is 0 Å². The molecule has 0 spiro atoms. The molecule has 7 heteroatoms. The molecule has 1 aliphatic rings. The fourth-order valence-corrected chi connectivity index (χ4v) is 3.63. The van der Waals surface area contributed by atoms with Gasteiger partial charge in [-0.3, -0.25) is 4.90 Å². The number of hydrogen-bond acceptors (Lipinski definition) is 6. The Morgan fingerprint density at radius 2 is 1.89 bits per heavy atom. The molecular weight excluding hydrogens is 354 g/mol. The van der Waals surface area contributed by atoms with Crippen molar-refractivity contribution in [2.75, 3.05) is 51.8 Å². The first-order valence-corrected chi connectivity index (χ1v) is 9.71. The third kappa shape index (κ3) is 3.81. The summed E-state index contributed by atoms with van der Waals surface area (Å²) in [6, 6.07) is 10.1. The zero-order chi connectivity index (χ0) is 19.5. The molecule has 2 aromatic heterocycles. The predicted molar refractivity (Wildman–Crippen MR) is 110 cm³/mol. The summed E-state index contributed by atoms with van der Waals surface area (Å²) in [5.41, 5.74) is 4.94. The lowest BCUT2D eigenvalue weighted by Crippen LogP contribution is -2.39. The average molecular weight is 381 g/mol. The van der Waals surface area contributed by atoms with E-state index in [0.717, 1.165) is 79.1 Å². The van der Waals surface area contributed by atoms with Gasteiger partial charge in [-0.1, -0.05) is 12.1 Å². The van der Waals surface area contributed by atoms with E-state index in [1.807, 2.05) is 30.5 Å². The Kier molecular flexibility index (Phi) is 5.45. The number of ether oxygens (including phenoxy) is 2. The number of methoxy groups -OCH3 is 1. The monoisotopic (exact) mass is 381 g/mol. The summed E-state index contributed by atoms with van der Waals surface area (Å²) in [4.78, 5) is 7.19. The fraction of sp³-hybridized carbons (Fsp3) is 0.429. The number of hydrogen-bond donors (Lipinski definition) is 1. The largest absolute Gasteiger partial charge is 0.497 e. The fourth-order valence-electron chi connectivity index (χ4n) is 3.63. The molecule has 1 aromatic carbocycles. The maximum Gasteiger partial charge on any atom is 0.165 e. The van der Waals surface area contributed by atoms with Gasteiger partial charge in [0.25, 0.3) is 0 Å². The first kappa shape index (κ1) is 18.7. The zero-order valence-electron chi connectivity index (χ0n) is 16.7. The summed E-state index contributed by atoms with van der Waals surface area (Å²) in [6.45, 7) is 9.52. The summed E-state index contributed by atoms with van der Waals surface area (Å²) >= 11 is 0. The van der Waals surface area contributed by atoms with Gasteiger partial charge in [0.15, 0.2) is 5.65 Å². The van der Waals surface area contributed by atoms with Gasteiger partial charge in [0.2, 0.25) is 0 Å². The number of anilines is 1. The first-order chi connectivity index (χ1) is 13.7. The highest BCUT2D eigenvalue weighted by Gasteiger charge is 2.16. The predicted octanol–water partition coefficient (Wildman–Crippen LogP) is 2.77. The number of fused-ring (bicyclic) bond motifs is 1. The smallest absolute Gasteiger partial charge is 0.165 e. The molecule has 4 rings (SSSR count). The Morgan fingerprint density at radius 1 is 1.14 bits per heavy atom. The minimum Gasteiger partial charge on any atom is -0.497 e. The van der Waals surface area contributed by atoms with Crippen molar-refractivity contribution in [1.82, 2.24) is 19.5 Å². The Hall–Kier alpha value is -2.64. The van der Waals surface area contributed by atoms with Crippen molar-refractivity contribution in [2.45, 2.75) is 13.8 Å². The molecule has 1 fully saturated rings. The molecule has 0 unspecified atom stereocenters. The molecule has 28 heavy (non-hydrogen) atoms. The van der Waals surface area contributed by atoms with Crippen molar-refractivity contribution in [3.05, 3.63) is 41.7 Å². The first-order valence-electron chi connectivity index (χ1n) is 9.71. The SMILES string of the molecule is COc1ccc(-c2c(C)nn3c(NCCN4CCOCC4)cc(C)nc23)cc1. The van der Waals surface area contributed by atoms with Gasteiger partial charge < -0.3 is 14.8 Å². The molecule has 3 aromatic rings. The van der Waals surface area contributed by atoms with Crippen LogP contribution in [0.4, 0.5) is 5.82 Å². The minimum absolute atomic E-state index is 0.822. The number of aromatic nitrogens is 3. The molecule has 0 aliphatic carbocycles. The molecule has 3 heterocycles. The topological polar surface area (TPSA) is 63.9 Å². The average Bonchev–Trinajstić information content (AvgIpc) is 3.04. The molecule has 0 saturated carbocycles. The number of benzene rings is 1. The third-order valence-corrected chi connectivity index (χ3v) is 5.11. The summed E-state index contributed by atoms with van der Waals surface area (Å²) < 4.78 is 12.6. The normalized spacial score (nSPS) is 15.1. The van der Waals surface area contributed by atoms with Gasteiger partial charge in [0, 0.05) is 43.5 Å². The highest BCUT2D eigenvalue weighted by Crippen LogP contribution is 2.30. The van der Waals surface area contributed by atoms with Gasteiger partial charge in [-0.25, -0.2) is 4.98 Å². The van der Waals surface area contributed by atoms with Crippen molar-refractivity contribution in [1.29, 1.82) is 0 Å². The molecule has 0 amide bonds. The van der Waals surface area contributed by atoms with E-state index in [4.69, 9.17) is 19.6 Å². The van der Waals surface area contributed by atoms with Crippen LogP contribution in [0.25, 0.3) is 16.8 Å². The Balaban J connectivity index is 1.61. The summed E-state index contributed by atoms with van der Waals surface area (Å²) in [5.74, 6) is 1.81. The van der Waals surface area contributed by atoms with Crippen LogP contribution < -0.4 is 10.1 Å². The second-order valence-corrected chi connectivity index (χ2v) is 7.09. The summed E-state index contributed by atoms with van der Waals surface area (Å²) in [7, 11) is 1.68. The lowest BCUT2D eigenvalue weighted by atomic mass is 10.1. The van der Waals surface area contributed by atoms with Crippen molar-refractivity contribution < 1.29 is 9.47 Å². The quantitative estimate of drug-likeness (QED) is 0.708. The Morgan fingerprint density at radius 3 is 2.61 bits per heavy atom. The van der Waals surface area contributed by atoms with Crippen LogP contribution in [0.5, 0.6) is 5.75 Å². The van der Waals surface area contributed by atoms with Crippen LogP contribution in [-0.4, -0.2) is 66.0 Å². The van der Waals surface area contributed by atoms with E-state index in [9.17, 15) is 0 Å². The van der Waals surface area contributed by atoms with Gasteiger partial charge in [0.05, 0.1) is 26.0 Å². The van der Waals surface area contributed by atoms with Crippen molar-refractivity contribution >= 4 is 11.5 Å². The highest BCUT2D eigenvalue weighted by molar-refractivity contribution is 5.81. The molecular formula is C21H27N5O2. The molecule has 1 aliphatic heterocycles. The standard InChI is InChI=1S/C21H27N5O2/c1-15-14-19(22-8-9-25-10-12-28-13-11-25)26-21(23-15)20(16(2)24-26)17-4-6-18(27-3)7-5-17/h4-7,14,22H,8-13H2,1-3H3. The maximum atomic E-state index is 5.42. The van der Waals surface area contributed by atoms with E-state index in [1.54, 1.807) is 7.11 Å². The van der Waals surface area contributed by atoms with Crippen LogP contribution in [0.1, 0.15) is 11.4 Å². The van der Waals surface area contributed by atoms with E-state index < -0.39 is 0 Å². The second-order valence-electron chi connectivity index (χ2n) is 7.09. The van der Waals surface area contributed by atoms with Gasteiger partial charge in [-0.15, -0.1) is 0 Å². The number of aryl methyl sites for hydroxylation is 2. The lowest BCUT2D eigenvalue weighted by Gasteiger charge is -2.26. The van der Waals surface area contributed by atoms with Gasteiger partial charge >= 0.3 is 0 Å². The van der Waals surface area contributed by atoms with Crippen molar-refractivity contribution in [3.8, 4) is 16.9 Å². The molecule has 1 saturated heterocycles. The number of nitrogens with zero attached hydrogens (tertiary/aromatic N) is 4. The van der Waals surface area contributed by atoms with E-state index in [0.29, 0.717) is 0 Å². The van der Waals surface area contributed by atoms with E-state index >= 15 is 0 Å². The summed E-state index contributed by atoms with van der Waals surface area (Å²) in [6.07, 6.45) is 0. The van der Waals surface area contributed by atoms with E-state index in [1.165, 1.54) is 0 Å². The maximum absolute atomic E-state index is 5.42. The second kappa shape index (κ2) is 8.16. The number of morpholine rings is 1. The van der Waals surface area contributed by atoms with Crippen LogP contribution in [0, 0.1) is 13.8 Å². The van der Waals surface area contributed by atoms with Gasteiger partial charge in [-0.05, 0) is 31.5 Å². The van der Waals surface area contributed by atoms with Gasteiger partial charge in [-0.2, -0.15) is 9.61 Å². The Bertz CT molecular complexity index is 946. The third-order valence-electron chi connectivity index (χ3n) is 5.11.